The fraction of sp³-hybridized carbons (Fsp3) is 0.462. The molecule has 1 aromatic rings. The molecule has 0 bridgehead atoms. The first-order valence-electron chi connectivity index (χ1n) is 6.48. The number of para-hydroxylation sites is 1. The van der Waals surface area contributed by atoms with Crippen molar-refractivity contribution in [3.8, 4) is 0 Å². The number of hydrogen-bond donors (Lipinski definition) is 3. The molecule has 4 N–H and O–H groups in total. The number of nitrogens with one attached hydrogen (secondary N) is 2. The summed E-state index contributed by atoms with van der Waals surface area (Å²) in [4.78, 5) is 12.0. The van der Waals surface area contributed by atoms with Crippen molar-refractivity contribution < 1.29 is 13.2 Å². The maximum absolute atomic E-state index is 12.0. The quantitative estimate of drug-likeness (QED) is 0.748. The zero-order chi connectivity index (χ0) is 14.8. The number of carbonyl (C=O) groups excluding carboxylic acids is 1. The first-order valence-corrected chi connectivity index (χ1v) is 7.96. The van der Waals surface area contributed by atoms with Gasteiger partial charge < -0.3 is 11.1 Å². The summed E-state index contributed by atoms with van der Waals surface area (Å²) in [6.45, 7) is 0. The van der Waals surface area contributed by atoms with Gasteiger partial charge >= 0.3 is 0 Å². The van der Waals surface area contributed by atoms with E-state index in [0.717, 1.165) is 19.3 Å². The Morgan fingerprint density at radius 3 is 2.55 bits per heavy atom. The summed E-state index contributed by atoms with van der Waals surface area (Å²) in [5.74, 6) is -0.258. The summed E-state index contributed by atoms with van der Waals surface area (Å²) in [7, 11) is -2.28. The Morgan fingerprint density at radius 1 is 1.35 bits per heavy atom. The highest BCUT2D eigenvalue weighted by Gasteiger charge is 2.34. The van der Waals surface area contributed by atoms with Gasteiger partial charge in [-0.1, -0.05) is 12.1 Å². The molecule has 6 nitrogen and oxygen atoms in total. The second-order valence-electron chi connectivity index (χ2n) is 5.14. The van der Waals surface area contributed by atoms with Gasteiger partial charge in [-0.25, -0.2) is 13.1 Å². The number of amides is 1. The Kier molecular flexibility index (Phi) is 4.12. The molecule has 2 rings (SSSR count). The third-order valence-electron chi connectivity index (χ3n) is 3.58. The summed E-state index contributed by atoms with van der Waals surface area (Å²) in [6, 6.07) is 6.29. The van der Waals surface area contributed by atoms with Crippen LogP contribution in [-0.2, 0) is 14.8 Å². The fourth-order valence-electron chi connectivity index (χ4n) is 2.24. The Labute approximate surface area is 118 Å². The molecule has 1 aliphatic carbocycles. The van der Waals surface area contributed by atoms with E-state index in [2.05, 4.69) is 10.0 Å². The van der Waals surface area contributed by atoms with E-state index < -0.39 is 15.6 Å². The number of benzene rings is 1. The fourth-order valence-corrected chi connectivity index (χ4v) is 3.12. The van der Waals surface area contributed by atoms with Crippen LogP contribution in [0.25, 0.3) is 0 Å². The van der Waals surface area contributed by atoms with Crippen LogP contribution in [0.15, 0.2) is 29.2 Å². The summed E-state index contributed by atoms with van der Waals surface area (Å²) >= 11 is 0. The molecule has 1 saturated carbocycles. The second kappa shape index (κ2) is 5.51. The van der Waals surface area contributed by atoms with Gasteiger partial charge in [0.1, 0.15) is 4.90 Å². The van der Waals surface area contributed by atoms with Crippen LogP contribution in [0.1, 0.15) is 25.7 Å². The minimum absolute atomic E-state index is 0.0514. The molecule has 0 radical (unpaired) electrons. The van der Waals surface area contributed by atoms with Crippen molar-refractivity contribution in [1.82, 2.24) is 4.72 Å². The van der Waals surface area contributed by atoms with Gasteiger partial charge in [-0.3, -0.25) is 4.79 Å². The average Bonchev–Trinajstić information content (AvgIpc) is 2.37. The van der Waals surface area contributed by atoms with Gasteiger partial charge in [-0.05, 0) is 38.4 Å². The standard InChI is InChI=1S/C13H19N3O3S/c1-15-20(18,19)11-6-3-2-5-10(11)16-12(17)9-13(14)7-4-8-13/h2-3,5-6,15H,4,7-9,14H2,1H3,(H,16,17). The molecule has 0 aliphatic heterocycles. The molecule has 1 fully saturated rings. The highest BCUT2D eigenvalue weighted by atomic mass is 32.2. The van der Waals surface area contributed by atoms with Crippen LogP contribution in [0.3, 0.4) is 0 Å². The van der Waals surface area contributed by atoms with Gasteiger partial charge in [0.2, 0.25) is 15.9 Å². The summed E-state index contributed by atoms with van der Waals surface area (Å²) < 4.78 is 26.0. The van der Waals surface area contributed by atoms with Crippen molar-refractivity contribution in [2.45, 2.75) is 36.1 Å². The van der Waals surface area contributed by atoms with Crippen molar-refractivity contribution in [1.29, 1.82) is 0 Å². The zero-order valence-corrected chi connectivity index (χ0v) is 12.2. The van der Waals surface area contributed by atoms with Gasteiger partial charge in [0.15, 0.2) is 0 Å². The van der Waals surface area contributed by atoms with Crippen molar-refractivity contribution in [3.63, 3.8) is 0 Å². The monoisotopic (exact) mass is 297 g/mol. The first-order chi connectivity index (χ1) is 9.36. The van der Waals surface area contributed by atoms with Crippen LogP contribution in [0, 0.1) is 0 Å². The molecule has 1 aliphatic rings. The van der Waals surface area contributed by atoms with Gasteiger partial charge in [-0.15, -0.1) is 0 Å². The molecule has 0 unspecified atom stereocenters. The van der Waals surface area contributed by atoms with Gasteiger partial charge in [0.05, 0.1) is 5.69 Å². The SMILES string of the molecule is CNS(=O)(=O)c1ccccc1NC(=O)CC1(N)CCC1. The predicted octanol–water partition coefficient (Wildman–Crippen LogP) is 0.805. The molecule has 0 aromatic heterocycles. The number of anilines is 1. The number of carbonyl (C=O) groups is 1. The number of hydrogen-bond acceptors (Lipinski definition) is 4. The Hall–Kier alpha value is -1.44. The minimum atomic E-state index is -3.61. The summed E-state index contributed by atoms with van der Waals surface area (Å²) in [5, 5.41) is 2.64. The largest absolute Gasteiger partial charge is 0.325 e. The van der Waals surface area contributed by atoms with E-state index in [0.29, 0.717) is 0 Å². The van der Waals surface area contributed by atoms with E-state index in [1.165, 1.54) is 13.1 Å². The average molecular weight is 297 g/mol. The van der Waals surface area contributed by atoms with E-state index >= 15 is 0 Å². The lowest BCUT2D eigenvalue weighted by Gasteiger charge is -2.37. The van der Waals surface area contributed by atoms with Gasteiger partial charge in [0.25, 0.3) is 0 Å². The van der Waals surface area contributed by atoms with Crippen LogP contribution >= 0.6 is 0 Å². The predicted molar refractivity (Wildman–Crippen MR) is 76.7 cm³/mol. The molecule has 110 valence electrons. The van der Waals surface area contributed by atoms with Gasteiger partial charge in [0, 0.05) is 12.0 Å². The van der Waals surface area contributed by atoms with Crippen LogP contribution < -0.4 is 15.8 Å². The van der Waals surface area contributed by atoms with E-state index in [-0.39, 0.29) is 22.9 Å². The van der Waals surface area contributed by atoms with Crippen LogP contribution in [0.5, 0.6) is 0 Å². The van der Waals surface area contributed by atoms with Crippen molar-refractivity contribution >= 4 is 21.6 Å². The molecule has 0 saturated heterocycles. The highest BCUT2D eigenvalue weighted by Crippen LogP contribution is 2.32. The van der Waals surface area contributed by atoms with Gasteiger partial charge in [-0.2, -0.15) is 0 Å². The van der Waals surface area contributed by atoms with Crippen LogP contribution in [0.4, 0.5) is 5.69 Å². The molecule has 0 spiro atoms. The molecular weight excluding hydrogens is 278 g/mol. The molecule has 0 atom stereocenters. The molecule has 0 heterocycles. The smallest absolute Gasteiger partial charge is 0.242 e. The lowest BCUT2D eigenvalue weighted by Crippen LogP contribution is -2.49. The number of rotatable bonds is 5. The third kappa shape index (κ3) is 3.17. The maximum atomic E-state index is 12.0. The topological polar surface area (TPSA) is 101 Å². The minimum Gasteiger partial charge on any atom is -0.325 e. The highest BCUT2D eigenvalue weighted by molar-refractivity contribution is 7.89. The molecule has 7 heteroatoms. The molecule has 20 heavy (non-hydrogen) atoms. The Balaban J connectivity index is 2.15. The normalized spacial score (nSPS) is 17.3. The van der Waals surface area contributed by atoms with Crippen molar-refractivity contribution in [2.75, 3.05) is 12.4 Å². The van der Waals surface area contributed by atoms with Crippen molar-refractivity contribution in [3.05, 3.63) is 24.3 Å². The maximum Gasteiger partial charge on any atom is 0.242 e. The lowest BCUT2D eigenvalue weighted by molar-refractivity contribution is -0.118. The van der Waals surface area contributed by atoms with Crippen LogP contribution in [-0.4, -0.2) is 26.9 Å². The van der Waals surface area contributed by atoms with E-state index in [1.54, 1.807) is 18.2 Å². The van der Waals surface area contributed by atoms with E-state index in [9.17, 15) is 13.2 Å². The molecular formula is C13H19N3O3S. The lowest BCUT2D eigenvalue weighted by atomic mass is 9.75. The molecule has 1 amide bonds. The van der Waals surface area contributed by atoms with E-state index in [1.807, 2.05) is 0 Å². The number of sulfonamides is 1. The molecule has 1 aromatic carbocycles. The second-order valence-corrected chi connectivity index (χ2v) is 7.00. The number of nitrogens with two attached hydrogens (primary N) is 1. The Bertz CT molecular complexity index is 609. The van der Waals surface area contributed by atoms with Crippen LogP contribution in [0.2, 0.25) is 0 Å². The summed E-state index contributed by atoms with van der Waals surface area (Å²) in [5.41, 5.74) is 5.86. The first kappa shape index (κ1) is 15.0. The van der Waals surface area contributed by atoms with E-state index in [4.69, 9.17) is 5.73 Å². The Morgan fingerprint density at radius 2 is 2.00 bits per heavy atom. The summed E-state index contributed by atoms with van der Waals surface area (Å²) in [6.07, 6.45) is 2.91. The zero-order valence-electron chi connectivity index (χ0n) is 11.3. The third-order valence-corrected chi connectivity index (χ3v) is 5.05. The van der Waals surface area contributed by atoms with Crippen molar-refractivity contribution in [2.24, 2.45) is 5.73 Å².